The molecule has 0 aromatic carbocycles. The third kappa shape index (κ3) is 3.51. The summed E-state index contributed by atoms with van der Waals surface area (Å²) < 4.78 is 5.32. The summed E-state index contributed by atoms with van der Waals surface area (Å²) in [6.45, 7) is 3.29. The van der Waals surface area contributed by atoms with Gasteiger partial charge in [0.1, 0.15) is 5.15 Å². The molecule has 72 valence electrons. The second kappa shape index (κ2) is 5.43. The SMILES string of the molecule is CCCOCc1cnc(Cl)cc1Cl. The zero-order valence-electron chi connectivity index (χ0n) is 7.39. The fourth-order valence-corrected chi connectivity index (χ4v) is 1.29. The molecule has 0 aliphatic heterocycles. The molecule has 13 heavy (non-hydrogen) atoms. The van der Waals surface area contributed by atoms with Crippen molar-refractivity contribution in [2.45, 2.75) is 20.0 Å². The number of hydrogen-bond acceptors (Lipinski definition) is 2. The van der Waals surface area contributed by atoms with E-state index in [1.165, 1.54) is 0 Å². The Morgan fingerprint density at radius 3 is 2.85 bits per heavy atom. The van der Waals surface area contributed by atoms with E-state index in [1.807, 2.05) is 0 Å². The molecule has 1 aromatic rings. The molecule has 2 nitrogen and oxygen atoms in total. The summed E-state index contributed by atoms with van der Waals surface area (Å²) >= 11 is 11.5. The third-order valence-corrected chi connectivity index (χ3v) is 2.06. The van der Waals surface area contributed by atoms with Crippen molar-refractivity contribution in [2.75, 3.05) is 6.61 Å². The first kappa shape index (κ1) is 10.8. The molecule has 0 unspecified atom stereocenters. The maximum Gasteiger partial charge on any atom is 0.130 e. The number of hydrogen-bond donors (Lipinski definition) is 0. The minimum atomic E-state index is 0.407. The molecule has 0 spiro atoms. The van der Waals surface area contributed by atoms with E-state index in [4.69, 9.17) is 27.9 Å². The highest BCUT2D eigenvalue weighted by Gasteiger charge is 2.01. The molecule has 1 heterocycles. The number of ether oxygens (including phenoxy) is 1. The zero-order valence-corrected chi connectivity index (χ0v) is 8.90. The predicted octanol–water partition coefficient (Wildman–Crippen LogP) is 3.32. The quantitative estimate of drug-likeness (QED) is 0.573. The predicted molar refractivity (Wildman–Crippen MR) is 54.2 cm³/mol. The lowest BCUT2D eigenvalue weighted by atomic mass is 10.3. The Morgan fingerprint density at radius 2 is 2.23 bits per heavy atom. The van der Waals surface area contributed by atoms with E-state index in [9.17, 15) is 0 Å². The lowest BCUT2D eigenvalue weighted by molar-refractivity contribution is 0.121. The Labute approximate surface area is 87.8 Å². The summed E-state index contributed by atoms with van der Waals surface area (Å²) in [5, 5.41) is 1.01. The van der Waals surface area contributed by atoms with Gasteiger partial charge in [-0.3, -0.25) is 0 Å². The lowest BCUT2D eigenvalue weighted by Gasteiger charge is -2.04. The largest absolute Gasteiger partial charge is 0.377 e. The van der Waals surface area contributed by atoms with Gasteiger partial charge in [-0.1, -0.05) is 30.1 Å². The summed E-state index contributed by atoms with van der Waals surface area (Å²) in [5.41, 5.74) is 0.875. The highest BCUT2D eigenvalue weighted by Crippen LogP contribution is 2.19. The molecule has 0 radical (unpaired) electrons. The molecule has 1 rings (SSSR count). The van der Waals surface area contributed by atoms with Gasteiger partial charge in [0.2, 0.25) is 0 Å². The van der Waals surface area contributed by atoms with Gasteiger partial charge in [-0.2, -0.15) is 0 Å². The van der Waals surface area contributed by atoms with Gasteiger partial charge in [-0.05, 0) is 12.5 Å². The first-order chi connectivity index (χ1) is 6.24. The van der Waals surface area contributed by atoms with Gasteiger partial charge in [-0.25, -0.2) is 4.98 Å². The van der Waals surface area contributed by atoms with Crippen LogP contribution in [0.3, 0.4) is 0 Å². The van der Waals surface area contributed by atoms with Gasteiger partial charge in [0.15, 0.2) is 0 Å². The average molecular weight is 220 g/mol. The molecule has 0 aliphatic rings. The van der Waals surface area contributed by atoms with Crippen molar-refractivity contribution in [1.29, 1.82) is 0 Å². The van der Waals surface area contributed by atoms with Crippen LogP contribution in [0.4, 0.5) is 0 Å². The number of nitrogens with zero attached hydrogens (tertiary/aromatic N) is 1. The maximum atomic E-state index is 5.90. The van der Waals surface area contributed by atoms with Crippen LogP contribution in [-0.4, -0.2) is 11.6 Å². The Hall–Kier alpha value is -0.310. The molecule has 0 aliphatic carbocycles. The van der Waals surface area contributed by atoms with Crippen LogP contribution in [0.1, 0.15) is 18.9 Å². The van der Waals surface area contributed by atoms with Gasteiger partial charge in [0, 0.05) is 18.4 Å². The maximum absolute atomic E-state index is 5.90. The van der Waals surface area contributed by atoms with Crippen LogP contribution in [0.15, 0.2) is 12.3 Å². The van der Waals surface area contributed by atoms with Gasteiger partial charge in [0.05, 0.1) is 11.6 Å². The first-order valence-corrected chi connectivity index (χ1v) is 4.87. The van der Waals surface area contributed by atoms with Gasteiger partial charge in [-0.15, -0.1) is 0 Å². The van der Waals surface area contributed by atoms with E-state index < -0.39 is 0 Å². The van der Waals surface area contributed by atoms with Crippen LogP contribution in [0.25, 0.3) is 0 Å². The number of halogens is 2. The molecule has 0 amide bonds. The molecular weight excluding hydrogens is 209 g/mol. The fourth-order valence-electron chi connectivity index (χ4n) is 0.868. The van der Waals surface area contributed by atoms with E-state index in [0.717, 1.165) is 18.6 Å². The van der Waals surface area contributed by atoms with Crippen LogP contribution in [0.2, 0.25) is 10.2 Å². The molecule has 0 saturated heterocycles. The first-order valence-electron chi connectivity index (χ1n) is 4.11. The smallest absolute Gasteiger partial charge is 0.130 e. The Bertz CT molecular complexity index is 278. The minimum Gasteiger partial charge on any atom is -0.377 e. The van der Waals surface area contributed by atoms with Crippen LogP contribution < -0.4 is 0 Å². The van der Waals surface area contributed by atoms with Crippen molar-refractivity contribution in [3.05, 3.63) is 28.0 Å². The summed E-state index contributed by atoms with van der Waals surface area (Å²) in [6.07, 6.45) is 2.64. The zero-order chi connectivity index (χ0) is 9.68. The van der Waals surface area contributed by atoms with Crippen LogP contribution in [-0.2, 0) is 11.3 Å². The molecule has 0 fully saturated rings. The Morgan fingerprint density at radius 1 is 1.46 bits per heavy atom. The van der Waals surface area contributed by atoms with E-state index >= 15 is 0 Å². The summed E-state index contributed by atoms with van der Waals surface area (Å²) in [5.74, 6) is 0. The van der Waals surface area contributed by atoms with Crippen LogP contribution in [0, 0.1) is 0 Å². The third-order valence-electron chi connectivity index (χ3n) is 1.50. The highest BCUT2D eigenvalue weighted by molar-refractivity contribution is 6.34. The molecule has 0 bridgehead atoms. The van der Waals surface area contributed by atoms with Crippen molar-refractivity contribution >= 4 is 23.2 Å². The van der Waals surface area contributed by atoms with Crippen LogP contribution in [0.5, 0.6) is 0 Å². The number of aromatic nitrogens is 1. The monoisotopic (exact) mass is 219 g/mol. The van der Waals surface area contributed by atoms with Crippen molar-refractivity contribution in [1.82, 2.24) is 4.98 Å². The second-order valence-electron chi connectivity index (χ2n) is 2.65. The minimum absolute atomic E-state index is 0.407. The van der Waals surface area contributed by atoms with Gasteiger partial charge >= 0.3 is 0 Å². The molecular formula is C9H11Cl2NO. The normalized spacial score (nSPS) is 10.4. The average Bonchev–Trinajstić information content (AvgIpc) is 2.09. The molecule has 1 aromatic heterocycles. The molecule has 0 N–H and O–H groups in total. The topological polar surface area (TPSA) is 22.1 Å². The Kier molecular flexibility index (Phi) is 4.50. The van der Waals surface area contributed by atoms with Crippen molar-refractivity contribution < 1.29 is 4.74 Å². The van der Waals surface area contributed by atoms with Crippen molar-refractivity contribution in [3.8, 4) is 0 Å². The van der Waals surface area contributed by atoms with Gasteiger partial charge < -0.3 is 4.74 Å². The van der Waals surface area contributed by atoms with E-state index in [1.54, 1.807) is 12.3 Å². The molecule has 0 atom stereocenters. The lowest BCUT2D eigenvalue weighted by Crippen LogP contribution is -1.95. The summed E-state index contributed by atoms with van der Waals surface area (Å²) in [6, 6.07) is 1.62. The highest BCUT2D eigenvalue weighted by atomic mass is 35.5. The van der Waals surface area contributed by atoms with Crippen LogP contribution >= 0.6 is 23.2 Å². The molecule has 4 heteroatoms. The van der Waals surface area contributed by atoms with Crippen molar-refractivity contribution in [2.24, 2.45) is 0 Å². The molecule has 0 saturated carbocycles. The summed E-state index contributed by atoms with van der Waals surface area (Å²) in [7, 11) is 0. The fraction of sp³-hybridized carbons (Fsp3) is 0.444. The van der Waals surface area contributed by atoms with Crippen molar-refractivity contribution in [3.63, 3.8) is 0 Å². The Balaban J connectivity index is 2.56. The second-order valence-corrected chi connectivity index (χ2v) is 3.45. The summed E-state index contributed by atoms with van der Waals surface area (Å²) in [4.78, 5) is 3.92. The van der Waals surface area contributed by atoms with Gasteiger partial charge in [0.25, 0.3) is 0 Å². The standard InChI is InChI=1S/C9H11Cl2NO/c1-2-3-13-6-7-5-12-9(11)4-8(7)10/h4-5H,2-3,6H2,1H3. The van der Waals surface area contributed by atoms with E-state index in [2.05, 4.69) is 11.9 Å². The van der Waals surface area contributed by atoms with E-state index in [0.29, 0.717) is 16.8 Å². The van der Waals surface area contributed by atoms with E-state index in [-0.39, 0.29) is 0 Å². The number of rotatable bonds is 4. The number of pyridine rings is 1.